The molecule has 0 aromatic heterocycles. The van der Waals surface area contributed by atoms with Crippen LogP contribution in [0, 0.1) is 5.92 Å². The van der Waals surface area contributed by atoms with Crippen molar-refractivity contribution in [1.29, 1.82) is 0 Å². The van der Waals surface area contributed by atoms with E-state index in [4.69, 9.17) is 9.05 Å². The first-order valence-corrected chi connectivity index (χ1v) is 5.13. The van der Waals surface area contributed by atoms with E-state index >= 15 is 0 Å². The molecule has 1 rings (SSSR count). The average Bonchev–Trinajstić information content (AvgIpc) is 2.72. The molecule has 0 bridgehead atoms. The molecule has 0 amide bonds. The normalized spacial score (nSPS) is 19.4. The second-order valence-corrected chi connectivity index (χ2v) is 4.92. The van der Waals surface area contributed by atoms with Gasteiger partial charge < -0.3 is 9.05 Å². The fraction of sp³-hybridized carbons (Fsp3) is 1.00. The van der Waals surface area contributed by atoms with Crippen LogP contribution in [0.2, 0.25) is 0 Å². The van der Waals surface area contributed by atoms with Gasteiger partial charge in [0.25, 0.3) is 0 Å². The summed E-state index contributed by atoms with van der Waals surface area (Å²) >= 11 is 0. The van der Waals surface area contributed by atoms with E-state index in [-0.39, 0.29) is 0 Å². The van der Waals surface area contributed by atoms with E-state index in [2.05, 4.69) is 0 Å². The predicted molar refractivity (Wildman–Crippen MR) is 39.2 cm³/mol. The molecule has 1 fully saturated rings. The van der Waals surface area contributed by atoms with Crippen LogP contribution in [-0.2, 0) is 13.6 Å². The van der Waals surface area contributed by atoms with Crippen molar-refractivity contribution >= 4 is 7.60 Å². The van der Waals surface area contributed by atoms with Crippen molar-refractivity contribution in [2.75, 3.05) is 20.4 Å². The molecule has 0 saturated heterocycles. The number of hydrogen-bond acceptors (Lipinski definition) is 3. The SMILES string of the molecule is COP(=O)(CC1CC1)OC. The average molecular weight is 164 g/mol. The van der Waals surface area contributed by atoms with Crippen LogP contribution in [0.15, 0.2) is 0 Å². The predicted octanol–water partition coefficient (Wildman–Crippen LogP) is 1.88. The van der Waals surface area contributed by atoms with Crippen LogP contribution >= 0.6 is 7.60 Å². The zero-order valence-corrected chi connectivity index (χ0v) is 7.27. The summed E-state index contributed by atoms with van der Waals surface area (Å²) in [6, 6.07) is 0. The summed E-state index contributed by atoms with van der Waals surface area (Å²) in [6.07, 6.45) is 2.95. The third kappa shape index (κ3) is 2.08. The number of hydrogen-bond donors (Lipinski definition) is 0. The van der Waals surface area contributed by atoms with Gasteiger partial charge in [0, 0.05) is 14.2 Å². The fourth-order valence-electron chi connectivity index (χ4n) is 0.840. The molecular weight excluding hydrogens is 151 g/mol. The van der Waals surface area contributed by atoms with Gasteiger partial charge >= 0.3 is 7.60 Å². The first-order chi connectivity index (χ1) is 4.70. The van der Waals surface area contributed by atoms with Crippen molar-refractivity contribution in [3.8, 4) is 0 Å². The van der Waals surface area contributed by atoms with Gasteiger partial charge in [0.05, 0.1) is 6.16 Å². The quantitative estimate of drug-likeness (QED) is 0.595. The van der Waals surface area contributed by atoms with Crippen LogP contribution in [0.3, 0.4) is 0 Å². The first kappa shape index (κ1) is 8.25. The molecule has 0 heterocycles. The Morgan fingerprint density at radius 3 is 2.20 bits per heavy atom. The molecule has 0 spiro atoms. The maximum Gasteiger partial charge on any atom is 0.330 e. The molecule has 0 atom stereocenters. The van der Waals surface area contributed by atoms with Crippen molar-refractivity contribution in [2.45, 2.75) is 12.8 Å². The van der Waals surface area contributed by atoms with Crippen LogP contribution in [0.4, 0.5) is 0 Å². The molecular formula is C6H13O3P. The van der Waals surface area contributed by atoms with E-state index in [1.165, 1.54) is 27.1 Å². The highest BCUT2D eigenvalue weighted by molar-refractivity contribution is 7.53. The molecule has 1 aliphatic rings. The minimum absolute atomic E-state index is 0.589. The van der Waals surface area contributed by atoms with Gasteiger partial charge in [-0.15, -0.1) is 0 Å². The van der Waals surface area contributed by atoms with E-state index < -0.39 is 7.60 Å². The highest BCUT2D eigenvalue weighted by Crippen LogP contribution is 2.52. The monoisotopic (exact) mass is 164 g/mol. The van der Waals surface area contributed by atoms with Crippen molar-refractivity contribution < 1.29 is 13.6 Å². The summed E-state index contributed by atoms with van der Waals surface area (Å²) in [7, 11) is 0.200. The molecule has 0 N–H and O–H groups in total. The van der Waals surface area contributed by atoms with Crippen molar-refractivity contribution in [3.05, 3.63) is 0 Å². The zero-order chi connectivity index (χ0) is 7.61. The highest BCUT2D eigenvalue weighted by atomic mass is 31.2. The van der Waals surface area contributed by atoms with Gasteiger partial charge in [0.15, 0.2) is 0 Å². The lowest BCUT2D eigenvalue weighted by atomic mass is 10.5. The van der Waals surface area contributed by atoms with E-state index in [0.29, 0.717) is 12.1 Å². The Morgan fingerprint density at radius 2 is 1.90 bits per heavy atom. The van der Waals surface area contributed by atoms with Crippen molar-refractivity contribution in [1.82, 2.24) is 0 Å². The lowest BCUT2D eigenvalue weighted by Crippen LogP contribution is -1.95. The van der Waals surface area contributed by atoms with Gasteiger partial charge in [0.1, 0.15) is 0 Å². The molecule has 0 aromatic carbocycles. The second kappa shape index (κ2) is 3.04. The molecule has 0 unspecified atom stereocenters. The molecule has 1 saturated carbocycles. The number of rotatable bonds is 4. The Bertz CT molecular complexity index is 145. The van der Waals surface area contributed by atoms with Gasteiger partial charge in [-0.1, -0.05) is 0 Å². The molecule has 1 aliphatic carbocycles. The molecule has 3 nitrogen and oxygen atoms in total. The summed E-state index contributed by atoms with van der Waals surface area (Å²) in [5, 5.41) is 0. The third-order valence-corrected chi connectivity index (χ3v) is 3.81. The Kier molecular flexibility index (Phi) is 2.50. The second-order valence-electron chi connectivity index (χ2n) is 2.60. The topological polar surface area (TPSA) is 35.5 Å². The molecule has 4 heteroatoms. The summed E-state index contributed by atoms with van der Waals surface area (Å²) < 4.78 is 20.9. The summed E-state index contributed by atoms with van der Waals surface area (Å²) in [6.45, 7) is 0. The maximum atomic E-state index is 11.4. The van der Waals surface area contributed by atoms with Gasteiger partial charge in [0.2, 0.25) is 0 Å². The molecule has 0 aromatic rings. The van der Waals surface area contributed by atoms with E-state index in [0.717, 1.165) is 0 Å². The van der Waals surface area contributed by atoms with Crippen LogP contribution < -0.4 is 0 Å². The largest absolute Gasteiger partial charge is 0.330 e. The van der Waals surface area contributed by atoms with E-state index in [9.17, 15) is 4.57 Å². The third-order valence-electron chi connectivity index (χ3n) is 1.74. The minimum atomic E-state index is -2.67. The molecule has 60 valence electrons. The Balaban J connectivity index is 2.37. The summed E-state index contributed by atoms with van der Waals surface area (Å²) in [5.41, 5.74) is 0. The Hall–Kier alpha value is 0.150. The van der Waals surface area contributed by atoms with E-state index in [1.807, 2.05) is 0 Å². The lowest BCUT2D eigenvalue weighted by molar-refractivity contribution is 0.274. The van der Waals surface area contributed by atoms with Crippen molar-refractivity contribution in [3.63, 3.8) is 0 Å². The molecule has 0 aliphatic heterocycles. The Labute approximate surface area is 61.2 Å². The van der Waals surface area contributed by atoms with Crippen LogP contribution in [0.5, 0.6) is 0 Å². The summed E-state index contributed by atoms with van der Waals surface area (Å²) in [5.74, 6) is 0.589. The van der Waals surface area contributed by atoms with E-state index in [1.54, 1.807) is 0 Å². The Morgan fingerprint density at radius 1 is 1.40 bits per heavy atom. The van der Waals surface area contributed by atoms with Gasteiger partial charge in [-0.3, -0.25) is 4.57 Å². The maximum absolute atomic E-state index is 11.4. The lowest BCUT2D eigenvalue weighted by Gasteiger charge is -2.11. The fourth-order valence-corrected chi connectivity index (χ4v) is 2.29. The minimum Gasteiger partial charge on any atom is -0.312 e. The van der Waals surface area contributed by atoms with Crippen LogP contribution in [0.1, 0.15) is 12.8 Å². The van der Waals surface area contributed by atoms with Gasteiger partial charge in [-0.2, -0.15) is 0 Å². The standard InChI is InChI=1S/C6H13O3P/c1-8-10(7,9-2)5-6-3-4-6/h6H,3-5H2,1-2H3. The van der Waals surface area contributed by atoms with Crippen molar-refractivity contribution in [2.24, 2.45) is 5.92 Å². The van der Waals surface area contributed by atoms with Crippen LogP contribution in [-0.4, -0.2) is 20.4 Å². The molecule has 0 radical (unpaired) electrons. The molecule has 10 heavy (non-hydrogen) atoms. The first-order valence-electron chi connectivity index (χ1n) is 3.41. The zero-order valence-electron chi connectivity index (χ0n) is 6.37. The van der Waals surface area contributed by atoms with Crippen LogP contribution in [0.25, 0.3) is 0 Å². The smallest absolute Gasteiger partial charge is 0.312 e. The highest BCUT2D eigenvalue weighted by Gasteiger charge is 2.32. The van der Waals surface area contributed by atoms with Gasteiger partial charge in [-0.05, 0) is 18.8 Å². The summed E-state index contributed by atoms with van der Waals surface area (Å²) in [4.78, 5) is 0. The van der Waals surface area contributed by atoms with Gasteiger partial charge in [-0.25, -0.2) is 0 Å².